The van der Waals surface area contributed by atoms with Gasteiger partial charge in [-0.3, -0.25) is 10.8 Å². The maximum atomic E-state index is 12.2. The minimum absolute atomic E-state index is 0.0843. The molecule has 0 aliphatic heterocycles. The van der Waals surface area contributed by atoms with E-state index in [1.165, 1.54) is 48.5 Å². The van der Waals surface area contributed by atoms with Crippen LogP contribution < -0.4 is 20.9 Å². The number of unbranched alkanes of at least 4 members (excludes halogenated alkanes) is 2. The molecule has 0 radical (unpaired) electrons. The fourth-order valence-corrected chi connectivity index (χ4v) is 4.78. The average Bonchev–Trinajstić information content (AvgIpc) is 2.73. The van der Waals surface area contributed by atoms with Gasteiger partial charge in [0.1, 0.15) is 11.7 Å². The fraction of sp³-hybridized carbons (Fsp3) is 0.263. The summed E-state index contributed by atoms with van der Waals surface area (Å²) in [4.78, 5) is 0.169. The van der Waals surface area contributed by atoms with Gasteiger partial charge in [-0.25, -0.2) is 26.3 Å². The zero-order valence-electron chi connectivity index (χ0n) is 16.8. The quantitative estimate of drug-likeness (QED) is 0.151. The van der Waals surface area contributed by atoms with Crippen LogP contribution in [0.15, 0.2) is 58.3 Å². The first-order valence-electron chi connectivity index (χ1n) is 9.41. The van der Waals surface area contributed by atoms with Crippen molar-refractivity contribution in [2.45, 2.75) is 29.1 Å². The summed E-state index contributed by atoms with van der Waals surface area (Å²) in [6, 6.07) is 11.4. The van der Waals surface area contributed by atoms with Gasteiger partial charge in [-0.1, -0.05) is 6.42 Å². The zero-order valence-corrected chi connectivity index (χ0v) is 18.4. The van der Waals surface area contributed by atoms with Crippen molar-refractivity contribution < 1.29 is 16.8 Å². The van der Waals surface area contributed by atoms with Gasteiger partial charge in [-0.15, -0.1) is 0 Å². The van der Waals surface area contributed by atoms with Gasteiger partial charge in [-0.05, 0) is 61.4 Å². The standard InChI is InChI=1S/C19H26N6O4S2/c20-18(21)14-4-8-16(9-5-14)30(26,27)24-12-2-1-3-13-25-31(28,29)17-10-6-15(7-11-17)19(22)23/h4-11,24-25H,1-3,12-13H2,(H3,20,21)(H3,22,23). The van der Waals surface area contributed by atoms with E-state index >= 15 is 0 Å². The molecule has 0 aromatic heterocycles. The van der Waals surface area contributed by atoms with E-state index in [-0.39, 0.29) is 34.6 Å². The maximum Gasteiger partial charge on any atom is 0.240 e. The van der Waals surface area contributed by atoms with Crippen molar-refractivity contribution >= 4 is 31.7 Å². The van der Waals surface area contributed by atoms with Crippen LogP contribution in [0.5, 0.6) is 0 Å². The van der Waals surface area contributed by atoms with Gasteiger partial charge in [0.25, 0.3) is 0 Å². The second kappa shape index (κ2) is 10.5. The normalized spacial score (nSPS) is 11.9. The summed E-state index contributed by atoms with van der Waals surface area (Å²) in [5, 5.41) is 14.6. The van der Waals surface area contributed by atoms with Crippen molar-refractivity contribution in [2.75, 3.05) is 13.1 Å². The Hall–Kier alpha value is -2.80. The summed E-state index contributed by atoms with van der Waals surface area (Å²) in [7, 11) is -7.32. The lowest BCUT2D eigenvalue weighted by molar-refractivity contribution is 0.568. The molecule has 0 unspecified atom stereocenters. The van der Waals surface area contributed by atoms with Crippen molar-refractivity contribution in [3.05, 3.63) is 59.7 Å². The third kappa shape index (κ3) is 7.14. The van der Waals surface area contributed by atoms with Crippen LogP contribution in [0.25, 0.3) is 0 Å². The van der Waals surface area contributed by atoms with Crippen LogP contribution in [0, 0.1) is 10.8 Å². The average molecular weight is 467 g/mol. The molecule has 2 aromatic carbocycles. The minimum atomic E-state index is -3.66. The molecule has 2 rings (SSSR count). The van der Waals surface area contributed by atoms with E-state index < -0.39 is 20.0 Å². The molecule has 168 valence electrons. The van der Waals surface area contributed by atoms with Gasteiger partial charge in [0.15, 0.2) is 0 Å². The van der Waals surface area contributed by atoms with Crippen LogP contribution in [0.2, 0.25) is 0 Å². The SMILES string of the molecule is N=C(N)c1ccc(S(=O)(=O)NCCCCCNS(=O)(=O)c2ccc(C(=N)N)cc2)cc1. The first kappa shape index (κ1) is 24.5. The lowest BCUT2D eigenvalue weighted by Gasteiger charge is -2.09. The van der Waals surface area contributed by atoms with E-state index in [9.17, 15) is 16.8 Å². The Morgan fingerprint density at radius 3 is 1.26 bits per heavy atom. The molecular weight excluding hydrogens is 440 g/mol. The molecule has 0 amide bonds. The van der Waals surface area contributed by atoms with Crippen molar-refractivity contribution in [3.8, 4) is 0 Å². The zero-order chi connectivity index (χ0) is 23.1. The summed E-state index contributed by atoms with van der Waals surface area (Å²) in [5.74, 6) is -0.277. The molecule has 8 N–H and O–H groups in total. The monoisotopic (exact) mass is 466 g/mol. The number of amidine groups is 2. The third-order valence-corrected chi connectivity index (χ3v) is 7.34. The topological polar surface area (TPSA) is 192 Å². The first-order valence-corrected chi connectivity index (χ1v) is 12.4. The van der Waals surface area contributed by atoms with E-state index in [1.807, 2.05) is 0 Å². The molecule has 31 heavy (non-hydrogen) atoms. The van der Waals surface area contributed by atoms with E-state index in [2.05, 4.69) is 9.44 Å². The van der Waals surface area contributed by atoms with E-state index in [1.54, 1.807) is 0 Å². The number of benzene rings is 2. The third-order valence-electron chi connectivity index (χ3n) is 4.39. The van der Waals surface area contributed by atoms with Gasteiger partial charge < -0.3 is 11.5 Å². The van der Waals surface area contributed by atoms with E-state index in [0.29, 0.717) is 30.4 Å². The molecule has 0 heterocycles. The van der Waals surface area contributed by atoms with Crippen LogP contribution in [0.4, 0.5) is 0 Å². The van der Waals surface area contributed by atoms with Crippen molar-refractivity contribution in [1.82, 2.24) is 9.44 Å². The van der Waals surface area contributed by atoms with Crippen LogP contribution in [-0.4, -0.2) is 41.6 Å². The summed E-state index contributed by atoms with van der Waals surface area (Å²) in [6.07, 6.45) is 1.71. The summed E-state index contributed by atoms with van der Waals surface area (Å²) in [6.45, 7) is 0.437. The number of nitrogens with one attached hydrogen (secondary N) is 4. The largest absolute Gasteiger partial charge is 0.384 e. The predicted molar refractivity (Wildman–Crippen MR) is 119 cm³/mol. The Morgan fingerprint density at radius 1 is 0.645 bits per heavy atom. The van der Waals surface area contributed by atoms with Gasteiger partial charge in [0.2, 0.25) is 20.0 Å². The molecule has 0 bridgehead atoms. The molecule has 0 saturated carbocycles. The Kier molecular flexibility index (Phi) is 8.28. The molecule has 0 spiro atoms. The summed E-state index contributed by atoms with van der Waals surface area (Å²) < 4.78 is 54.0. The van der Waals surface area contributed by atoms with Crippen molar-refractivity contribution in [2.24, 2.45) is 11.5 Å². The van der Waals surface area contributed by atoms with Gasteiger partial charge in [0, 0.05) is 24.2 Å². The highest BCUT2D eigenvalue weighted by Crippen LogP contribution is 2.12. The Morgan fingerprint density at radius 2 is 0.968 bits per heavy atom. The number of sulfonamides is 2. The summed E-state index contributed by atoms with van der Waals surface area (Å²) in [5.41, 5.74) is 11.6. The highest BCUT2D eigenvalue weighted by atomic mass is 32.2. The van der Waals surface area contributed by atoms with Crippen LogP contribution >= 0.6 is 0 Å². The molecular formula is C19H26N6O4S2. The van der Waals surface area contributed by atoms with E-state index in [4.69, 9.17) is 22.3 Å². The highest BCUT2D eigenvalue weighted by molar-refractivity contribution is 7.89. The van der Waals surface area contributed by atoms with Crippen molar-refractivity contribution in [3.63, 3.8) is 0 Å². The highest BCUT2D eigenvalue weighted by Gasteiger charge is 2.14. The second-order valence-corrected chi connectivity index (χ2v) is 10.3. The molecule has 0 saturated heterocycles. The molecule has 10 nitrogen and oxygen atoms in total. The number of rotatable bonds is 12. The fourth-order valence-electron chi connectivity index (χ4n) is 2.63. The number of nitrogen functional groups attached to an aromatic ring is 2. The molecule has 12 heteroatoms. The molecule has 0 fully saturated rings. The van der Waals surface area contributed by atoms with Gasteiger partial charge >= 0.3 is 0 Å². The van der Waals surface area contributed by atoms with Crippen LogP contribution in [-0.2, 0) is 20.0 Å². The van der Waals surface area contributed by atoms with Gasteiger partial charge in [0.05, 0.1) is 9.79 Å². The number of hydrogen-bond acceptors (Lipinski definition) is 6. The maximum absolute atomic E-state index is 12.2. The molecule has 0 atom stereocenters. The summed E-state index contributed by atoms with van der Waals surface area (Å²) >= 11 is 0. The number of hydrogen-bond donors (Lipinski definition) is 6. The lowest BCUT2D eigenvalue weighted by Crippen LogP contribution is -2.26. The second-order valence-electron chi connectivity index (χ2n) is 6.73. The first-order chi connectivity index (χ1) is 14.5. The van der Waals surface area contributed by atoms with E-state index in [0.717, 1.165) is 0 Å². The minimum Gasteiger partial charge on any atom is -0.384 e. The predicted octanol–water partition coefficient (Wildman–Crippen LogP) is 0.682. The van der Waals surface area contributed by atoms with Crippen LogP contribution in [0.1, 0.15) is 30.4 Å². The van der Waals surface area contributed by atoms with Gasteiger partial charge in [-0.2, -0.15) is 0 Å². The van der Waals surface area contributed by atoms with Crippen LogP contribution in [0.3, 0.4) is 0 Å². The smallest absolute Gasteiger partial charge is 0.240 e. The molecule has 0 aliphatic carbocycles. The lowest BCUT2D eigenvalue weighted by atomic mass is 10.2. The Labute approximate surface area is 182 Å². The molecule has 0 aliphatic rings. The Bertz CT molecular complexity index is 1040. The Balaban J connectivity index is 1.73. The van der Waals surface area contributed by atoms with Crippen molar-refractivity contribution in [1.29, 1.82) is 10.8 Å². The molecule has 2 aromatic rings. The number of nitrogens with two attached hydrogens (primary N) is 2.